The van der Waals surface area contributed by atoms with Crippen molar-refractivity contribution < 1.29 is 28.8 Å². The summed E-state index contributed by atoms with van der Waals surface area (Å²) in [5.41, 5.74) is 4.42. The number of fused-ring (bicyclic) bond motifs is 1. The molecule has 13 nitrogen and oxygen atoms in total. The van der Waals surface area contributed by atoms with Crippen LogP contribution in [0, 0.1) is 28.6 Å². The number of amides is 5. The molecule has 0 spiro atoms. The molecule has 4 rings (SSSR count). The van der Waals surface area contributed by atoms with Gasteiger partial charge < -0.3 is 26.6 Å². The third-order valence-electron chi connectivity index (χ3n) is 10.4. The van der Waals surface area contributed by atoms with Crippen LogP contribution in [-0.2, 0) is 24.0 Å². The predicted octanol–water partition coefficient (Wildman–Crippen LogP) is 1.90. The van der Waals surface area contributed by atoms with Gasteiger partial charge in [-0.25, -0.2) is 4.98 Å². The lowest BCUT2D eigenvalue weighted by atomic mass is 9.82. The first kappa shape index (κ1) is 35.9. The second-order valence-corrected chi connectivity index (χ2v) is 15.1. The molecule has 3 fully saturated rings. The Morgan fingerprint density at radius 1 is 1.02 bits per heavy atom. The number of aromatic nitrogens is 2. The fourth-order valence-electron chi connectivity index (χ4n) is 7.46. The van der Waals surface area contributed by atoms with Crippen LogP contribution < -0.4 is 21.7 Å². The van der Waals surface area contributed by atoms with Crippen molar-refractivity contribution in [3.8, 4) is 0 Å². The molecule has 13 heteroatoms. The first-order valence-electron chi connectivity index (χ1n) is 16.9. The van der Waals surface area contributed by atoms with Gasteiger partial charge in [-0.1, -0.05) is 73.6 Å². The Morgan fingerprint density at radius 3 is 2.28 bits per heavy atom. The van der Waals surface area contributed by atoms with Gasteiger partial charge in [0.1, 0.15) is 23.8 Å². The van der Waals surface area contributed by atoms with Crippen LogP contribution in [0.2, 0.25) is 0 Å². The minimum absolute atomic E-state index is 0.0562. The number of unbranched alkanes of at least 4 members (excludes halogenated alkanes) is 1. The van der Waals surface area contributed by atoms with Gasteiger partial charge in [-0.05, 0) is 47.8 Å². The van der Waals surface area contributed by atoms with E-state index in [1.54, 1.807) is 0 Å². The molecule has 5 N–H and O–H groups in total. The van der Waals surface area contributed by atoms with E-state index in [2.05, 4.69) is 25.9 Å². The number of carbonyl (C=O) groups is 6. The minimum atomic E-state index is -1.12. The molecule has 2 aliphatic carbocycles. The van der Waals surface area contributed by atoms with Crippen LogP contribution in [0.1, 0.15) is 103 Å². The molecule has 1 aromatic heterocycles. The van der Waals surface area contributed by atoms with Gasteiger partial charge in [0.25, 0.3) is 11.8 Å². The number of hydrogen-bond donors (Lipinski definition) is 4. The molecule has 0 radical (unpaired) electrons. The van der Waals surface area contributed by atoms with Gasteiger partial charge in [0.05, 0.1) is 12.2 Å². The highest BCUT2D eigenvalue weighted by Crippen LogP contribution is 2.65. The first-order valence-corrected chi connectivity index (χ1v) is 16.9. The molecule has 6 atom stereocenters. The van der Waals surface area contributed by atoms with Crippen LogP contribution in [-0.4, -0.2) is 80.9 Å². The summed E-state index contributed by atoms with van der Waals surface area (Å²) in [5.74, 6) is -4.13. The second-order valence-electron chi connectivity index (χ2n) is 15.1. The van der Waals surface area contributed by atoms with E-state index in [0.717, 1.165) is 38.5 Å². The number of piperidine rings is 1. The van der Waals surface area contributed by atoms with Gasteiger partial charge >= 0.3 is 0 Å². The van der Waals surface area contributed by atoms with E-state index >= 15 is 0 Å². The largest absolute Gasteiger partial charge is 0.363 e. The zero-order chi connectivity index (χ0) is 34.7. The van der Waals surface area contributed by atoms with Crippen molar-refractivity contribution >= 4 is 35.3 Å². The molecule has 0 aromatic carbocycles. The van der Waals surface area contributed by atoms with Gasteiger partial charge in [0.15, 0.2) is 0 Å². The normalized spacial score (nSPS) is 23.9. The minimum Gasteiger partial charge on any atom is -0.363 e. The topological polar surface area (TPSA) is 194 Å². The van der Waals surface area contributed by atoms with E-state index < -0.39 is 64.9 Å². The summed E-state index contributed by atoms with van der Waals surface area (Å²) in [6.45, 7) is 11.9. The van der Waals surface area contributed by atoms with Crippen molar-refractivity contribution in [2.75, 3.05) is 6.54 Å². The van der Waals surface area contributed by atoms with Crippen molar-refractivity contribution in [2.24, 2.45) is 34.3 Å². The van der Waals surface area contributed by atoms with Gasteiger partial charge in [0, 0.05) is 18.9 Å². The maximum Gasteiger partial charge on any atom is 0.287 e. The third-order valence-corrected chi connectivity index (χ3v) is 10.4. The van der Waals surface area contributed by atoms with Crippen LogP contribution >= 0.6 is 0 Å². The quantitative estimate of drug-likeness (QED) is 0.232. The van der Waals surface area contributed by atoms with E-state index in [1.165, 1.54) is 23.5 Å². The van der Waals surface area contributed by atoms with Crippen LogP contribution in [0.25, 0.3) is 0 Å². The summed E-state index contributed by atoms with van der Waals surface area (Å²) in [6.07, 6.45) is 10.2. The Kier molecular flexibility index (Phi) is 11.1. The highest BCUT2D eigenvalue weighted by atomic mass is 16.2. The number of ketones is 1. The monoisotopic (exact) mass is 653 g/mol. The van der Waals surface area contributed by atoms with Gasteiger partial charge in [-0.2, -0.15) is 0 Å². The number of carbonyl (C=O) groups excluding carboxylic acids is 6. The van der Waals surface area contributed by atoms with Gasteiger partial charge in [-0.15, -0.1) is 0 Å². The number of Topliss-reactive ketones (excluding diaryl/α,β-unsaturated/α-hetero) is 1. The number of hydrogen-bond acceptors (Lipinski definition) is 8. The summed E-state index contributed by atoms with van der Waals surface area (Å²) < 4.78 is 0. The SMILES string of the molecule is CCCCC(NC(=O)C1C2C(CN1C(=O)C(NC(=O)C(NC(=O)c1cnccn1)C1CCCCC1)C(C)(C)C)C2(C)C)C(=O)C(N)=O. The fraction of sp³-hybridized carbons (Fsp3) is 0.706. The highest BCUT2D eigenvalue weighted by Gasteiger charge is 2.70. The average Bonchev–Trinajstić information content (AvgIpc) is 3.34. The molecule has 5 amide bonds. The summed E-state index contributed by atoms with van der Waals surface area (Å²) >= 11 is 0. The van der Waals surface area contributed by atoms with Crippen LogP contribution in [0.5, 0.6) is 0 Å². The summed E-state index contributed by atoms with van der Waals surface area (Å²) in [5, 5.41) is 8.58. The Hall–Kier alpha value is -3.90. The molecule has 47 heavy (non-hydrogen) atoms. The molecule has 0 bridgehead atoms. The maximum absolute atomic E-state index is 14.4. The Labute approximate surface area is 277 Å². The number of primary amides is 1. The fourth-order valence-corrected chi connectivity index (χ4v) is 7.46. The molecule has 6 unspecified atom stereocenters. The lowest BCUT2D eigenvalue weighted by Gasteiger charge is -2.39. The highest BCUT2D eigenvalue weighted by molar-refractivity contribution is 6.37. The molecule has 1 aliphatic heterocycles. The van der Waals surface area contributed by atoms with E-state index in [4.69, 9.17) is 5.73 Å². The molecular weight excluding hydrogens is 602 g/mol. The number of nitrogens with one attached hydrogen (secondary N) is 3. The van der Waals surface area contributed by atoms with E-state index in [1.807, 2.05) is 41.5 Å². The lowest BCUT2D eigenvalue weighted by Crippen LogP contribution is -2.62. The Balaban J connectivity index is 1.58. The smallest absolute Gasteiger partial charge is 0.287 e. The number of likely N-dealkylation sites (tertiary alicyclic amines) is 1. The van der Waals surface area contributed by atoms with Gasteiger partial charge in [-0.3, -0.25) is 33.8 Å². The second kappa shape index (κ2) is 14.5. The Bertz CT molecular complexity index is 1350. The van der Waals surface area contributed by atoms with Crippen molar-refractivity contribution in [3.63, 3.8) is 0 Å². The van der Waals surface area contributed by atoms with E-state index in [9.17, 15) is 28.8 Å². The zero-order valence-corrected chi connectivity index (χ0v) is 28.5. The maximum atomic E-state index is 14.4. The molecule has 1 saturated heterocycles. The van der Waals surface area contributed by atoms with Crippen LogP contribution in [0.15, 0.2) is 18.6 Å². The van der Waals surface area contributed by atoms with Crippen molar-refractivity contribution in [1.29, 1.82) is 0 Å². The predicted molar refractivity (Wildman–Crippen MR) is 173 cm³/mol. The van der Waals surface area contributed by atoms with Crippen molar-refractivity contribution in [3.05, 3.63) is 24.3 Å². The zero-order valence-electron chi connectivity index (χ0n) is 28.5. The first-order chi connectivity index (χ1) is 22.1. The van der Waals surface area contributed by atoms with Gasteiger partial charge in [0.2, 0.25) is 23.5 Å². The molecule has 1 aromatic rings. The van der Waals surface area contributed by atoms with Crippen LogP contribution in [0.4, 0.5) is 0 Å². The van der Waals surface area contributed by atoms with Crippen molar-refractivity contribution in [2.45, 2.75) is 117 Å². The van der Waals surface area contributed by atoms with Crippen molar-refractivity contribution in [1.82, 2.24) is 30.8 Å². The summed E-state index contributed by atoms with van der Waals surface area (Å²) in [4.78, 5) is 89.4. The summed E-state index contributed by atoms with van der Waals surface area (Å²) in [7, 11) is 0. The number of nitrogens with two attached hydrogens (primary N) is 1. The molecule has 2 heterocycles. The lowest BCUT2D eigenvalue weighted by molar-refractivity contribution is -0.146. The van der Waals surface area contributed by atoms with E-state index in [0.29, 0.717) is 13.0 Å². The Morgan fingerprint density at radius 2 is 1.70 bits per heavy atom. The molecule has 2 saturated carbocycles. The van der Waals surface area contributed by atoms with Crippen LogP contribution in [0.3, 0.4) is 0 Å². The molecule has 3 aliphatic rings. The third kappa shape index (κ3) is 7.98. The van der Waals surface area contributed by atoms with E-state index in [-0.39, 0.29) is 35.3 Å². The molecule has 258 valence electrons. The molecular formula is C34H51N7O6. The number of rotatable bonds is 13. The number of nitrogens with zero attached hydrogens (tertiary/aromatic N) is 3. The standard InChI is InChI=1S/C34H51N7O6/c1-7-8-14-21(26(42)28(35)43)38-31(46)25-23-20(34(23,5)6)18-41(25)32(47)27(33(2,3)4)40-30(45)24(19-12-10-9-11-13-19)39-29(44)22-17-36-15-16-37-22/h15-17,19-21,23-25,27H,7-14,18H2,1-6H3,(H2,35,43)(H,38,46)(H,39,44)(H,40,45). The average molecular weight is 654 g/mol. The summed E-state index contributed by atoms with van der Waals surface area (Å²) in [6, 6.07) is -3.88.